The van der Waals surface area contributed by atoms with E-state index in [1.165, 1.54) is 12.0 Å². The average molecular weight is 285 g/mol. The molecule has 6 heteroatoms. The van der Waals surface area contributed by atoms with Crippen molar-refractivity contribution in [3.63, 3.8) is 0 Å². The fourth-order valence-corrected chi connectivity index (χ4v) is 2.35. The largest absolute Gasteiger partial charge is 0.496 e. The molecule has 1 aromatic rings. The van der Waals surface area contributed by atoms with Crippen LogP contribution in [0, 0.1) is 5.92 Å². The molecule has 1 aromatic carbocycles. The van der Waals surface area contributed by atoms with E-state index in [0.717, 1.165) is 0 Å². The maximum atomic E-state index is 13.5. The highest BCUT2D eigenvalue weighted by Gasteiger charge is 2.44. The molecule has 1 N–H and O–H groups in total. The summed E-state index contributed by atoms with van der Waals surface area (Å²) in [5.74, 6) is -4.08. The number of carbonyl (C=O) groups excluding carboxylic acids is 1. The SMILES string of the molecule is COc1ccccc1C(=O)N1CCC(F)(F)C(CO)C1. The molecule has 110 valence electrons. The van der Waals surface area contributed by atoms with E-state index in [-0.39, 0.29) is 19.0 Å². The van der Waals surface area contributed by atoms with E-state index in [2.05, 4.69) is 0 Å². The lowest BCUT2D eigenvalue weighted by molar-refractivity contribution is -0.113. The molecule has 0 radical (unpaired) electrons. The number of aliphatic hydroxyl groups is 1. The number of nitrogens with zero attached hydrogens (tertiary/aromatic N) is 1. The molecule has 1 aliphatic rings. The summed E-state index contributed by atoms with van der Waals surface area (Å²) in [6.07, 6.45) is -0.431. The maximum Gasteiger partial charge on any atom is 0.257 e. The summed E-state index contributed by atoms with van der Waals surface area (Å²) >= 11 is 0. The number of hydrogen-bond donors (Lipinski definition) is 1. The van der Waals surface area contributed by atoms with Gasteiger partial charge in [0.15, 0.2) is 0 Å². The normalized spacial score (nSPS) is 21.6. The van der Waals surface area contributed by atoms with Crippen molar-refractivity contribution in [1.29, 1.82) is 0 Å². The van der Waals surface area contributed by atoms with Gasteiger partial charge in [0, 0.05) is 19.5 Å². The smallest absolute Gasteiger partial charge is 0.257 e. The molecule has 0 aromatic heterocycles. The van der Waals surface area contributed by atoms with Crippen LogP contribution in [-0.4, -0.2) is 48.6 Å². The number of carbonyl (C=O) groups is 1. The first-order valence-electron chi connectivity index (χ1n) is 6.40. The van der Waals surface area contributed by atoms with E-state index in [4.69, 9.17) is 9.84 Å². The third-order valence-electron chi connectivity index (χ3n) is 3.60. The fourth-order valence-electron chi connectivity index (χ4n) is 2.35. The van der Waals surface area contributed by atoms with E-state index >= 15 is 0 Å². The van der Waals surface area contributed by atoms with Gasteiger partial charge in [-0.15, -0.1) is 0 Å². The van der Waals surface area contributed by atoms with Crippen LogP contribution in [0.5, 0.6) is 5.75 Å². The van der Waals surface area contributed by atoms with Crippen LogP contribution in [0.2, 0.25) is 0 Å². The number of methoxy groups -OCH3 is 1. The third-order valence-corrected chi connectivity index (χ3v) is 3.60. The highest BCUT2D eigenvalue weighted by molar-refractivity contribution is 5.97. The van der Waals surface area contributed by atoms with Crippen molar-refractivity contribution in [3.8, 4) is 5.75 Å². The number of rotatable bonds is 3. The van der Waals surface area contributed by atoms with E-state index < -0.39 is 24.9 Å². The van der Waals surface area contributed by atoms with Crippen LogP contribution in [0.1, 0.15) is 16.8 Å². The minimum atomic E-state index is -2.92. The Morgan fingerprint density at radius 2 is 2.20 bits per heavy atom. The number of amides is 1. The maximum absolute atomic E-state index is 13.5. The predicted molar refractivity (Wildman–Crippen MR) is 69.0 cm³/mol. The van der Waals surface area contributed by atoms with Crippen LogP contribution < -0.4 is 4.74 Å². The highest BCUT2D eigenvalue weighted by Crippen LogP contribution is 2.34. The molecule has 0 bridgehead atoms. The van der Waals surface area contributed by atoms with Crippen molar-refractivity contribution in [2.45, 2.75) is 12.3 Å². The lowest BCUT2D eigenvalue weighted by Crippen LogP contribution is -2.50. The molecule has 2 rings (SSSR count). The van der Waals surface area contributed by atoms with Gasteiger partial charge in [0.2, 0.25) is 0 Å². The molecule has 1 heterocycles. The number of alkyl halides is 2. The molecule has 1 atom stereocenters. The number of para-hydroxylation sites is 1. The molecular formula is C14H17F2NO3. The van der Waals surface area contributed by atoms with Gasteiger partial charge < -0.3 is 14.7 Å². The molecule has 1 amide bonds. The Kier molecular flexibility index (Phi) is 4.23. The first kappa shape index (κ1) is 14.7. The molecule has 1 aliphatic heterocycles. The lowest BCUT2D eigenvalue weighted by atomic mass is 9.93. The Bertz CT molecular complexity index is 493. The fraction of sp³-hybridized carbons (Fsp3) is 0.500. The van der Waals surface area contributed by atoms with Crippen molar-refractivity contribution in [1.82, 2.24) is 4.90 Å². The van der Waals surface area contributed by atoms with E-state index in [1.54, 1.807) is 24.3 Å². The van der Waals surface area contributed by atoms with E-state index in [1.807, 2.05) is 0 Å². The molecule has 4 nitrogen and oxygen atoms in total. The van der Waals surface area contributed by atoms with Crippen LogP contribution in [0.4, 0.5) is 8.78 Å². The van der Waals surface area contributed by atoms with Gasteiger partial charge in [0.05, 0.1) is 25.2 Å². The monoisotopic (exact) mass is 285 g/mol. The zero-order valence-electron chi connectivity index (χ0n) is 11.2. The second kappa shape index (κ2) is 5.75. The highest BCUT2D eigenvalue weighted by atomic mass is 19.3. The number of hydrogen-bond acceptors (Lipinski definition) is 3. The van der Waals surface area contributed by atoms with Crippen molar-refractivity contribution in [3.05, 3.63) is 29.8 Å². The van der Waals surface area contributed by atoms with Crippen LogP contribution in [0.15, 0.2) is 24.3 Å². The van der Waals surface area contributed by atoms with E-state index in [9.17, 15) is 13.6 Å². The number of ether oxygens (including phenoxy) is 1. The topological polar surface area (TPSA) is 49.8 Å². The summed E-state index contributed by atoms with van der Waals surface area (Å²) < 4.78 is 32.2. The van der Waals surface area contributed by atoms with E-state index in [0.29, 0.717) is 11.3 Å². The summed E-state index contributed by atoms with van der Waals surface area (Å²) in [5.41, 5.74) is 0.344. The first-order chi connectivity index (χ1) is 9.49. The summed E-state index contributed by atoms with van der Waals surface area (Å²) in [5, 5.41) is 9.05. The molecule has 0 spiro atoms. The molecule has 20 heavy (non-hydrogen) atoms. The quantitative estimate of drug-likeness (QED) is 0.921. The summed E-state index contributed by atoms with van der Waals surface area (Å²) in [6, 6.07) is 6.67. The predicted octanol–water partition coefficient (Wildman–Crippen LogP) is 1.78. The first-order valence-corrected chi connectivity index (χ1v) is 6.40. The molecule has 1 fully saturated rings. The van der Waals surface area contributed by atoms with Crippen LogP contribution >= 0.6 is 0 Å². The third kappa shape index (κ3) is 2.75. The minimum Gasteiger partial charge on any atom is -0.496 e. The van der Waals surface area contributed by atoms with Gasteiger partial charge in [-0.05, 0) is 12.1 Å². The number of benzene rings is 1. The molecular weight excluding hydrogens is 268 g/mol. The van der Waals surface area contributed by atoms with Crippen LogP contribution in [-0.2, 0) is 0 Å². The summed E-state index contributed by atoms with van der Waals surface area (Å²) in [4.78, 5) is 13.7. The van der Waals surface area contributed by atoms with Crippen molar-refractivity contribution >= 4 is 5.91 Å². The van der Waals surface area contributed by atoms with Crippen LogP contribution in [0.3, 0.4) is 0 Å². The van der Waals surface area contributed by atoms with Gasteiger partial charge in [-0.3, -0.25) is 4.79 Å². The molecule has 1 unspecified atom stereocenters. The molecule has 0 aliphatic carbocycles. The molecule has 1 saturated heterocycles. The zero-order valence-corrected chi connectivity index (χ0v) is 11.2. The van der Waals surface area contributed by atoms with Gasteiger partial charge in [-0.1, -0.05) is 12.1 Å². The minimum absolute atomic E-state index is 0.0274. The van der Waals surface area contributed by atoms with Gasteiger partial charge in [0.25, 0.3) is 11.8 Å². The van der Waals surface area contributed by atoms with Gasteiger partial charge in [-0.2, -0.15) is 0 Å². The van der Waals surface area contributed by atoms with Crippen molar-refractivity contribution in [2.24, 2.45) is 5.92 Å². The van der Waals surface area contributed by atoms with Crippen LogP contribution in [0.25, 0.3) is 0 Å². The van der Waals surface area contributed by atoms with Gasteiger partial charge in [0.1, 0.15) is 5.75 Å². The number of aliphatic hydroxyl groups excluding tert-OH is 1. The number of halogens is 2. The lowest BCUT2D eigenvalue weighted by Gasteiger charge is -2.37. The number of piperidine rings is 1. The second-order valence-electron chi connectivity index (χ2n) is 4.84. The van der Waals surface area contributed by atoms with Gasteiger partial charge >= 0.3 is 0 Å². The van der Waals surface area contributed by atoms with Gasteiger partial charge in [-0.25, -0.2) is 8.78 Å². The second-order valence-corrected chi connectivity index (χ2v) is 4.84. The standard InChI is InChI=1S/C14H17F2NO3/c1-20-12-5-3-2-4-11(12)13(19)17-7-6-14(15,16)10(8-17)9-18/h2-5,10,18H,6-9H2,1H3. The Hall–Kier alpha value is -1.69. The number of likely N-dealkylation sites (tertiary alicyclic amines) is 1. The average Bonchev–Trinajstić information content (AvgIpc) is 2.46. The Morgan fingerprint density at radius 1 is 1.50 bits per heavy atom. The Labute approximate surface area is 116 Å². The molecule has 0 saturated carbocycles. The zero-order chi connectivity index (χ0) is 14.8. The van der Waals surface area contributed by atoms with Crippen molar-refractivity contribution < 1.29 is 23.4 Å². The van der Waals surface area contributed by atoms with Crippen molar-refractivity contribution in [2.75, 3.05) is 26.8 Å². The Balaban J connectivity index is 2.18. The Morgan fingerprint density at radius 3 is 2.85 bits per heavy atom. The summed E-state index contributed by atoms with van der Waals surface area (Å²) in [7, 11) is 1.45. The summed E-state index contributed by atoms with van der Waals surface area (Å²) in [6.45, 7) is -0.816.